The van der Waals surface area contributed by atoms with Crippen molar-refractivity contribution in [2.75, 3.05) is 20.1 Å². The molecular weight excluding hydrogens is 272 g/mol. The van der Waals surface area contributed by atoms with Crippen molar-refractivity contribution in [3.63, 3.8) is 0 Å². The van der Waals surface area contributed by atoms with E-state index >= 15 is 0 Å². The van der Waals surface area contributed by atoms with Crippen LogP contribution in [-0.4, -0.2) is 35.0 Å². The minimum atomic E-state index is -0.854. The molecule has 1 aliphatic heterocycles. The van der Waals surface area contributed by atoms with Crippen LogP contribution in [0.15, 0.2) is 30.6 Å². The molecule has 21 heavy (non-hydrogen) atoms. The van der Waals surface area contributed by atoms with Gasteiger partial charge in [0.1, 0.15) is 0 Å². The van der Waals surface area contributed by atoms with Crippen molar-refractivity contribution in [2.24, 2.45) is 0 Å². The number of halogens is 2. The Hall–Kier alpha value is -1.88. The lowest BCUT2D eigenvalue weighted by atomic mass is 9.90. The highest BCUT2D eigenvalue weighted by Crippen LogP contribution is 2.32. The molecule has 0 bridgehead atoms. The number of nitrogens with zero attached hydrogens (tertiary/aromatic N) is 3. The number of aromatic nitrogens is 2. The van der Waals surface area contributed by atoms with Gasteiger partial charge in [-0.05, 0) is 51.2 Å². The first-order valence-corrected chi connectivity index (χ1v) is 7.10. The minimum absolute atomic E-state index is 0.318. The lowest BCUT2D eigenvalue weighted by molar-refractivity contribution is 0.253. The maximum absolute atomic E-state index is 13.5. The quantitative estimate of drug-likeness (QED) is 0.850. The van der Waals surface area contributed by atoms with E-state index in [1.165, 1.54) is 6.07 Å². The Morgan fingerprint density at radius 3 is 2.48 bits per heavy atom. The van der Waals surface area contributed by atoms with Gasteiger partial charge in [-0.2, -0.15) is 0 Å². The van der Waals surface area contributed by atoms with E-state index in [1.54, 1.807) is 18.5 Å². The molecule has 0 N–H and O–H groups in total. The van der Waals surface area contributed by atoms with Gasteiger partial charge in [-0.15, -0.1) is 0 Å². The summed E-state index contributed by atoms with van der Waals surface area (Å²) in [5.74, 6) is -1.38. The van der Waals surface area contributed by atoms with E-state index in [0.717, 1.165) is 37.7 Å². The Labute approximate surface area is 122 Å². The average Bonchev–Trinajstić information content (AvgIpc) is 2.51. The van der Waals surface area contributed by atoms with Gasteiger partial charge < -0.3 is 4.90 Å². The summed E-state index contributed by atoms with van der Waals surface area (Å²) in [5.41, 5.74) is 2.12. The van der Waals surface area contributed by atoms with Crippen LogP contribution in [0.4, 0.5) is 8.78 Å². The molecule has 5 heteroatoms. The van der Waals surface area contributed by atoms with Gasteiger partial charge in [0.25, 0.3) is 0 Å². The molecule has 110 valence electrons. The first kappa shape index (κ1) is 14.1. The highest BCUT2D eigenvalue weighted by Gasteiger charge is 2.23. The smallest absolute Gasteiger partial charge is 0.159 e. The van der Waals surface area contributed by atoms with Crippen LogP contribution >= 0.6 is 0 Å². The topological polar surface area (TPSA) is 29.0 Å². The molecule has 2 aromatic rings. The van der Waals surface area contributed by atoms with Gasteiger partial charge in [-0.3, -0.25) is 9.97 Å². The first-order valence-electron chi connectivity index (χ1n) is 7.10. The number of likely N-dealkylation sites (tertiary alicyclic amines) is 1. The monoisotopic (exact) mass is 289 g/mol. The zero-order chi connectivity index (χ0) is 14.8. The predicted molar refractivity (Wildman–Crippen MR) is 76.9 cm³/mol. The third-order valence-electron chi connectivity index (χ3n) is 4.02. The Morgan fingerprint density at radius 1 is 1.05 bits per heavy atom. The van der Waals surface area contributed by atoms with Gasteiger partial charge in [0.15, 0.2) is 11.6 Å². The van der Waals surface area contributed by atoms with Gasteiger partial charge in [-0.1, -0.05) is 0 Å². The van der Waals surface area contributed by atoms with Crippen molar-refractivity contribution in [3.05, 3.63) is 47.9 Å². The molecule has 0 amide bonds. The summed E-state index contributed by atoms with van der Waals surface area (Å²) in [6.07, 6.45) is 5.27. The van der Waals surface area contributed by atoms with Crippen molar-refractivity contribution >= 4 is 0 Å². The zero-order valence-corrected chi connectivity index (χ0v) is 11.9. The number of hydrogen-bond donors (Lipinski definition) is 0. The summed E-state index contributed by atoms with van der Waals surface area (Å²) in [7, 11) is 2.10. The molecule has 0 aliphatic carbocycles. The van der Waals surface area contributed by atoms with E-state index in [1.807, 2.05) is 0 Å². The second-order valence-electron chi connectivity index (χ2n) is 5.50. The number of benzene rings is 1. The molecule has 2 heterocycles. The largest absolute Gasteiger partial charge is 0.306 e. The van der Waals surface area contributed by atoms with Crippen LogP contribution in [0.2, 0.25) is 0 Å². The van der Waals surface area contributed by atoms with Crippen LogP contribution in [0, 0.1) is 11.6 Å². The van der Waals surface area contributed by atoms with Crippen molar-refractivity contribution < 1.29 is 8.78 Å². The van der Waals surface area contributed by atoms with E-state index in [9.17, 15) is 8.78 Å². The zero-order valence-electron chi connectivity index (χ0n) is 11.9. The fourth-order valence-electron chi connectivity index (χ4n) is 2.80. The second kappa shape index (κ2) is 5.85. The molecule has 1 fully saturated rings. The molecular formula is C16H17F2N3. The summed E-state index contributed by atoms with van der Waals surface area (Å²) in [6, 6.07) is 3.89. The van der Waals surface area contributed by atoms with Gasteiger partial charge in [0, 0.05) is 23.9 Å². The van der Waals surface area contributed by atoms with Crippen LogP contribution in [-0.2, 0) is 0 Å². The van der Waals surface area contributed by atoms with Crippen LogP contribution < -0.4 is 0 Å². The Balaban J connectivity index is 1.97. The standard InChI is InChI=1S/C16H17F2N3/c1-21-8-4-11(5-9-21)15-16(20-7-6-19-15)12-2-3-13(17)14(18)10-12/h2-3,6-7,10-11H,4-5,8-9H2,1H3. The second-order valence-corrected chi connectivity index (χ2v) is 5.50. The lowest BCUT2D eigenvalue weighted by Crippen LogP contribution is -2.29. The maximum atomic E-state index is 13.5. The highest BCUT2D eigenvalue weighted by atomic mass is 19.2. The number of rotatable bonds is 2. The van der Waals surface area contributed by atoms with E-state index in [-0.39, 0.29) is 0 Å². The van der Waals surface area contributed by atoms with E-state index < -0.39 is 11.6 Å². The van der Waals surface area contributed by atoms with Crippen LogP contribution in [0.25, 0.3) is 11.3 Å². The van der Waals surface area contributed by atoms with Gasteiger partial charge in [0.05, 0.1) is 11.4 Å². The normalized spacial score (nSPS) is 17.1. The minimum Gasteiger partial charge on any atom is -0.306 e. The van der Waals surface area contributed by atoms with E-state index in [2.05, 4.69) is 21.9 Å². The third-order valence-corrected chi connectivity index (χ3v) is 4.02. The van der Waals surface area contributed by atoms with E-state index in [0.29, 0.717) is 17.2 Å². The first-order chi connectivity index (χ1) is 10.1. The number of hydrogen-bond acceptors (Lipinski definition) is 3. The maximum Gasteiger partial charge on any atom is 0.159 e. The number of piperidine rings is 1. The highest BCUT2D eigenvalue weighted by molar-refractivity contribution is 5.62. The molecule has 0 atom stereocenters. The van der Waals surface area contributed by atoms with E-state index in [4.69, 9.17) is 0 Å². The summed E-state index contributed by atoms with van der Waals surface area (Å²) < 4.78 is 26.6. The fourth-order valence-corrected chi connectivity index (χ4v) is 2.80. The predicted octanol–water partition coefficient (Wildman–Crippen LogP) is 3.23. The molecule has 1 aromatic heterocycles. The average molecular weight is 289 g/mol. The van der Waals surface area contributed by atoms with Crippen molar-refractivity contribution in [1.29, 1.82) is 0 Å². The van der Waals surface area contributed by atoms with Crippen molar-refractivity contribution in [1.82, 2.24) is 14.9 Å². The van der Waals surface area contributed by atoms with Crippen molar-refractivity contribution in [2.45, 2.75) is 18.8 Å². The van der Waals surface area contributed by atoms with Crippen molar-refractivity contribution in [3.8, 4) is 11.3 Å². The SMILES string of the molecule is CN1CCC(c2nccnc2-c2ccc(F)c(F)c2)CC1. The van der Waals surface area contributed by atoms with Crippen LogP contribution in [0.5, 0.6) is 0 Å². The summed E-state index contributed by atoms with van der Waals surface area (Å²) in [6.45, 7) is 2.02. The Morgan fingerprint density at radius 2 is 1.76 bits per heavy atom. The Bertz CT molecular complexity index is 637. The van der Waals surface area contributed by atoms with Crippen LogP contribution in [0.1, 0.15) is 24.5 Å². The molecule has 0 radical (unpaired) electrons. The van der Waals surface area contributed by atoms with Crippen LogP contribution in [0.3, 0.4) is 0 Å². The molecule has 0 spiro atoms. The fraction of sp³-hybridized carbons (Fsp3) is 0.375. The molecule has 1 aliphatic rings. The summed E-state index contributed by atoms with van der Waals surface area (Å²) >= 11 is 0. The summed E-state index contributed by atoms with van der Waals surface area (Å²) in [5, 5.41) is 0. The van der Waals surface area contributed by atoms with Gasteiger partial charge in [0.2, 0.25) is 0 Å². The molecule has 1 saturated heterocycles. The molecule has 0 saturated carbocycles. The molecule has 3 rings (SSSR count). The molecule has 3 nitrogen and oxygen atoms in total. The summed E-state index contributed by atoms with van der Waals surface area (Å²) in [4.78, 5) is 11.1. The Kier molecular flexibility index (Phi) is 3.92. The third kappa shape index (κ3) is 2.93. The van der Waals surface area contributed by atoms with Gasteiger partial charge >= 0.3 is 0 Å². The molecule has 0 unspecified atom stereocenters. The van der Waals surface area contributed by atoms with Gasteiger partial charge in [-0.25, -0.2) is 8.78 Å². The lowest BCUT2D eigenvalue weighted by Gasteiger charge is -2.29. The molecule has 1 aromatic carbocycles.